The zero-order valence-electron chi connectivity index (χ0n) is 18.0. The molecule has 0 saturated carbocycles. The first-order chi connectivity index (χ1) is 15.8. The first-order valence-electron chi connectivity index (χ1n) is 10.1. The highest BCUT2D eigenvalue weighted by Gasteiger charge is 2.51. The number of hydrogen-bond acceptors (Lipinski definition) is 5. The quantitative estimate of drug-likeness (QED) is 0.429. The molecule has 4 rings (SSSR count). The summed E-state index contributed by atoms with van der Waals surface area (Å²) < 4.78 is 11.3. The summed E-state index contributed by atoms with van der Waals surface area (Å²) >= 11 is 9.32. The monoisotopic (exact) mass is 529 g/mol. The van der Waals surface area contributed by atoms with E-state index in [0.717, 1.165) is 5.56 Å². The Hall–Kier alpha value is -2.87. The highest BCUT2D eigenvalue weighted by molar-refractivity contribution is 9.10. The molecule has 0 radical (unpaired) electrons. The molecule has 3 aromatic rings. The van der Waals surface area contributed by atoms with Gasteiger partial charge in [0.25, 0.3) is 5.91 Å². The summed E-state index contributed by atoms with van der Waals surface area (Å²) in [6.45, 7) is 0.186. The molecule has 1 heterocycles. The average molecular weight is 531 g/mol. The van der Waals surface area contributed by atoms with E-state index in [1.54, 1.807) is 61.7 Å². The fourth-order valence-electron chi connectivity index (χ4n) is 3.98. The molecule has 8 heteroatoms. The molecule has 170 valence electrons. The minimum Gasteiger partial charge on any atom is -0.493 e. The summed E-state index contributed by atoms with van der Waals surface area (Å²) in [5, 5.41) is 12.0. The second kappa shape index (κ2) is 9.17. The molecule has 1 aliphatic heterocycles. The van der Waals surface area contributed by atoms with Gasteiger partial charge in [-0.25, -0.2) is 0 Å². The number of fused-ring (bicyclic) bond motifs is 1. The topological polar surface area (TPSA) is 76.1 Å². The maximum atomic E-state index is 13.5. The Bertz CT molecular complexity index is 1230. The van der Waals surface area contributed by atoms with Gasteiger partial charge >= 0.3 is 0 Å². The maximum absolute atomic E-state index is 13.5. The van der Waals surface area contributed by atoms with Gasteiger partial charge in [-0.3, -0.25) is 9.59 Å². The van der Waals surface area contributed by atoms with E-state index in [-0.39, 0.29) is 18.7 Å². The predicted octanol–water partition coefficient (Wildman–Crippen LogP) is 5.13. The third-order valence-electron chi connectivity index (χ3n) is 5.67. The molecule has 1 amide bonds. The summed E-state index contributed by atoms with van der Waals surface area (Å²) in [5.74, 6) is 0.184. The van der Waals surface area contributed by atoms with E-state index in [2.05, 4.69) is 15.9 Å². The smallest absolute Gasteiger partial charge is 0.264 e. The second-order valence-corrected chi connectivity index (χ2v) is 9.06. The summed E-state index contributed by atoms with van der Waals surface area (Å²) in [6.07, 6.45) is -0.390. The Morgan fingerprint density at radius 1 is 1.03 bits per heavy atom. The van der Waals surface area contributed by atoms with Crippen LogP contribution < -0.4 is 14.4 Å². The molecule has 3 aromatic carbocycles. The van der Waals surface area contributed by atoms with Crippen LogP contribution in [0, 0.1) is 0 Å². The number of nitrogens with zero attached hydrogens (tertiary/aromatic N) is 1. The van der Waals surface area contributed by atoms with Gasteiger partial charge in [-0.2, -0.15) is 0 Å². The summed E-state index contributed by atoms with van der Waals surface area (Å²) in [7, 11) is 3.09. The molecular formula is C25H21BrClNO5. The predicted molar refractivity (Wildman–Crippen MR) is 129 cm³/mol. The van der Waals surface area contributed by atoms with Gasteiger partial charge in [0.15, 0.2) is 22.9 Å². The van der Waals surface area contributed by atoms with E-state index in [1.807, 2.05) is 6.07 Å². The molecule has 6 nitrogen and oxygen atoms in total. The normalized spacial score (nSPS) is 17.1. The number of carbonyl (C=O) groups is 2. The van der Waals surface area contributed by atoms with Crippen LogP contribution in [0.25, 0.3) is 0 Å². The Kier molecular flexibility index (Phi) is 6.47. The minimum absolute atomic E-state index is 0.186. The fraction of sp³-hybridized carbons (Fsp3) is 0.200. The van der Waals surface area contributed by atoms with E-state index in [4.69, 9.17) is 21.1 Å². The van der Waals surface area contributed by atoms with E-state index >= 15 is 0 Å². The van der Waals surface area contributed by atoms with Gasteiger partial charge < -0.3 is 19.5 Å². The number of halogens is 2. The standard InChI is InChI=1S/C25H21BrClNO5/c1-32-22-10-3-15(11-23(22)33-2)14-28-20-9-6-17(26)12-19(20)25(31,24(28)30)13-21(29)16-4-7-18(27)8-5-16/h3-12,31H,13-14H2,1-2H3. The van der Waals surface area contributed by atoms with Crippen LogP contribution in [-0.4, -0.2) is 31.0 Å². The fourth-order valence-corrected chi connectivity index (χ4v) is 4.47. The molecule has 1 atom stereocenters. The number of aliphatic hydroxyl groups is 1. The van der Waals surface area contributed by atoms with Crippen molar-refractivity contribution in [2.45, 2.75) is 18.6 Å². The van der Waals surface area contributed by atoms with E-state index in [1.165, 1.54) is 12.0 Å². The molecular weight excluding hydrogens is 510 g/mol. The molecule has 1 aliphatic rings. The highest BCUT2D eigenvalue weighted by atomic mass is 79.9. The number of anilines is 1. The van der Waals surface area contributed by atoms with E-state index in [0.29, 0.717) is 37.8 Å². The van der Waals surface area contributed by atoms with Crippen LogP contribution in [0.1, 0.15) is 27.9 Å². The first-order valence-corrected chi connectivity index (χ1v) is 11.3. The summed E-state index contributed by atoms with van der Waals surface area (Å²) in [5.41, 5.74) is 0.0829. The molecule has 0 fully saturated rings. The Balaban J connectivity index is 1.69. The van der Waals surface area contributed by atoms with Gasteiger partial charge in [-0.15, -0.1) is 0 Å². The number of carbonyl (C=O) groups excluding carboxylic acids is 2. The molecule has 0 spiro atoms. The lowest BCUT2D eigenvalue weighted by Crippen LogP contribution is -2.41. The van der Waals surface area contributed by atoms with Gasteiger partial charge in [0.1, 0.15) is 0 Å². The highest BCUT2D eigenvalue weighted by Crippen LogP contribution is 2.45. The molecule has 1 N–H and O–H groups in total. The number of hydrogen-bond donors (Lipinski definition) is 1. The second-order valence-electron chi connectivity index (χ2n) is 7.71. The Morgan fingerprint density at radius 2 is 1.73 bits per heavy atom. The number of Topliss-reactive ketones (excluding diaryl/α,β-unsaturated/α-hetero) is 1. The van der Waals surface area contributed by atoms with E-state index < -0.39 is 11.5 Å². The first kappa shape index (κ1) is 23.3. The molecule has 0 aromatic heterocycles. The van der Waals surface area contributed by atoms with Crippen molar-refractivity contribution in [2.24, 2.45) is 0 Å². The lowest BCUT2D eigenvalue weighted by Gasteiger charge is -2.23. The van der Waals surface area contributed by atoms with Crippen LogP contribution in [-0.2, 0) is 16.9 Å². The summed E-state index contributed by atoms with van der Waals surface area (Å²) in [4.78, 5) is 28.0. The number of rotatable bonds is 7. The lowest BCUT2D eigenvalue weighted by atomic mass is 9.88. The van der Waals surface area contributed by atoms with Crippen molar-refractivity contribution in [1.82, 2.24) is 0 Å². The van der Waals surface area contributed by atoms with Gasteiger partial charge in [0, 0.05) is 20.6 Å². The van der Waals surface area contributed by atoms with Crippen LogP contribution in [0.3, 0.4) is 0 Å². The number of ether oxygens (including phenoxy) is 2. The van der Waals surface area contributed by atoms with Crippen molar-refractivity contribution in [2.75, 3.05) is 19.1 Å². The molecule has 33 heavy (non-hydrogen) atoms. The van der Waals surface area contributed by atoms with Crippen LogP contribution in [0.5, 0.6) is 11.5 Å². The average Bonchev–Trinajstić information content (AvgIpc) is 3.00. The lowest BCUT2D eigenvalue weighted by molar-refractivity contribution is -0.136. The van der Waals surface area contributed by atoms with Crippen molar-refractivity contribution >= 4 is 44.9 Å². The van der Waals surface area contributed by atoms with Crippen molar-refractivity contribution in [3.05, 3.63) is 86.8 Å². The number of ketones is 1. The van der Waals surface area contributed by atoms with Gasteiger partial charge in [-0.1, -0.05) is 33.6 Å². The minimum atomic E-state index is -1.99. The molecule has 0 aliphatic carbocycles. The van der Waals surface area contributed by atoms with Crippen LogP contribution in [0.2, 0.25) is 5.02 Å². The SMILES string of the molecule is COc1ccc(CN2C(=O)C(O)(CC(=O)c3ccc(Cl)cc3)c3cc(Br)ccc32)cc1OC. The largest absolute Gasteiger partial charge is 0.493 e. The van der Waals surface area contributed by atoms with Gasteiger partial charge in [0.2, 0.25) is 0 Å². The van der Waals surface area contributed by atoms with Crippen molar-refractivity contribution < 1.29 is 24.2 Å². The van der Waals surface area contributed by atoms with Crippen molar-refractivity contribution in [3.8, 4) is 11.5 Å². The maximum Gasteiger partial charge on any atom is 0.264 e. The molecule has 0 saturated heterocycles. The van der Waals surface area contributed by atoms with Crippen LogP contribution in [0.4, 0.5) is 5.69 Å². The van der Waals surface area contributed by atoms with Crippen molar-refractivity contribution in [1.29, 1.82) is 0 Å². The number of amides is 1. The molecule has 0 bridgehead atoms. The van der Waals surface area contributed by atoms with E-state index in [9.17, 15) is 14.7 Å². The van der Waals surface area contributed by atoms with Crippen LogP contribution >= 0.6 is 27.5 Å². The Labute approximate surface area is 204 Å². The number of benzene rings is 3. The van der Waals surface area contributed by atoms with Gasteiger partial charge in [-0.05, 0) is 60.2 Å². The van der Waals surface area contributed by atoms with Gasteiger partial charge in [0.05, 0.1) is 32.9 Å². The molecule has 1 unspecified atom stereocenters. The summed E-state index contributed by atoms with van der Waals surface area (Å²) in [6, 6.07) is 16.9. The third kappa shape index (κ3) is 4.36. The van der Waals surface area contributed by atoms with Crippen molar-refractivity contribution in [3.63, 3.8) is 0 Å². The Morgan fingerprint density at radius 3 is 2.39 bits per heavy atom. The zero-order chi connectivity index (χ0) is 23.8. The third-order valence-corrected chi connectivity index (χ3v) is 6.41. The number of methoxy groups -OCH3 is 2. The van der Waals surface area contributed by atoms with Crippen LogP contribution in [0.15, 0.2) is 65.1 Å². The zero-order valence-corrected chi connectivity index (χ0v) is 20.3.